The van der Waals surface area contributed by atoms with Crippen LogP contribution < -0.4 is 4.46 Å². The molecular weight excluding hydrogens is 315 g/mol. The van der Waals surface area contributed by atoms with E-state index in [-0.39, 0.29) is 25.7 Å². The van der Waals surface area contributed by atoms with Gasteiger partial charge in [0.05, 0.1) is 0 Å². The first-order chi connectivity index (χ1) is 9.77. The van der Waals surface area contributed by atoms with Crippen LogP contribution in [0.25, 0.3) is 0 Å². The molecule has 0 saturated carbocycles. The van der Waals surface area contributed by atoms with Gasteiger partial charge in [-0.1, -0.05) is 0 Å². The Morgan fingerprint density at radius 1 is 1.10 bits per heavy atom. The van der Waals surface area contributed by atoms with Crippen molar-refractivity contribution in [3.05, 3.63) is 30.3 Å². The zero-order valence-corrected chi connectivity index (χ0v) is 14.4. The third kappa shape index (κ3) is 7.12. The van der Waals surface area contributed by atoms with Crippen molar-refractivity contribution in [2.45, 2.75) is 56.7 Å². The molecule has 0 radical (unpaired) electrons. The van der Waals surface area contributed by atoms with Gasteiger partial charge >= 0.3 is 129 Å². The summed E-state index contributed by atoms with van der Waals surface area (Å²) in [6.45, 7) is 2.23. The molecule has 1 aromatic carbocycles. The van der Waals surface area contributed by atoms with Gasteiger partial charge in [-0.15, -0.1) is 0 Å². The van der Waals surface area contributed by atoms with Crippen molar-refractivity contribution in [3.8, 4) is 0 Å². The van der Waals surface area contributed by atoms with Crippen molar-refractivity contribution in [1.29, 1.82) is 0 Å². The molecule has 20 heavy (non-hydrogen) atoms. The van der Waals surface area contributed by atoms with Crippen molar-refractivity contribution < 1.29 is 9.53 Å². The molecule has 2 nitrogen and oxygen atoms in total. The van der Waals surface area contributed by atoms with E-state index in [4.69, 9.17) is 4.74 Å². The number of carbonyl (C=O) groups is 1. The van der Waals surface area contributed by atoms with Gasteiger partial charge in [0.1, 0.15) is 0 Å². The Morgan fingerprint density at radius 2 is 1.75 bits per heavy atom. The van der Waals surface area contributed by atoms with Crippen molar-refractivity contribution in [1.82, 2.24) is 0 Å². The summed E-state index contributed by atoms with van der Waals surface area (Å²) in [6, 6.07) is 10.3. The second-order valence-electron chi connectivity index (χ2n) is 5.00. The van der Waals surface area contributed by atoms with Gasteiger partial charge in [0.15, 0.2) is 0 Å². The summed E-state index contributed by atoms with van der Waals surface area (Å²) >= 11 is 0.178. The van der Waals surface area contributed by atoms with Crippen LogP contribution in [0.5, 0.6) is 0 Å². The number of rotatable bonds is 10. The molecule has 1 rings (SSSR count). The predicted molar refractivity (Wildman–Crippen MR) is 85.6 cm³/mol. The fraction of sp³-hybridized carbons (Fsp3) is 0.588. The number of ether oxygens (including phenoxy) is 1. The monoisotopic (exact) mass is 342 g/mol. The standard InChI is InChI=1S/C17H26O2Se/c1-3-4-5-6-7-11-14-16(17(18)19-2)20-15-12-9-8-10-13-15/h8-10,12-13,16H,3-7,11,14H2,1-2H3. The van der Waals surface area contributed by atoms with E-state index < -0.39 is 0 Å². The molecule has 0 N–H and O–H groups in total. The quantitative estimate of drug-likeness (QED) is 0.368. The average molecular weight is 341 g/mol. The van der Waals surface area contributed by atoms with E-state index >= 15 is 0 Å². The summed E-state index contributed by atoms with van der Waals surface area (Å²) in [5.41, 5.74) is 0. The van der Waals surface area contributed by atoms with Gasteiger partial charge in [0.25, 0.3) is 0 Å². The Hall–Kier alpha value is -0.791. The predicted octanol–water partition coefficient (Wildman–Crippen LogP) is 3.73. The molecule has 0 aliphatic carbocycles. The summed E-state index contributed by atoms with van der Waals surface area (Å²) in [4.78, 5) is 11.9. The Bertz CT molecular complexity index is 365. The number of unbranched alkanes of at least 4 members (excludes halogenated alkanes) is 5. The minimum absolute atomic E-state index is 0.0394. The topological polar surface area (TPSA) is 26.3 Å². The molecule has 0 aromatic heterocycles. The van der Waals surface area contributed by atoms with E-state index in [1.165, 1.54) is 43.7 Å². The van der Waals surface area contributed by atoms with E-state index in [9.17, 15) is 4.79 Å². The van der Waals surface area contributed by atoms with Crippen LogP contribution in [0.2, 0.25) is 4.82 Å². The Balaban J connectivity index is 2.35. The van der Waals surface area contributed by atoms with Gasteiger partial charge in [0, 0.05) is 0 Å². The molecule has 0 saturated heterocycles. The number of carbonyl (C=O) groups excluding carboxylic acids is 1. The first kappa shape index (κ1) is 17.3. The molecule has 0 bridgehead atoms. The van der Waals surface area contributed by atoms with E-state index in [2.05, 4.69) is 19.1 Å². The molecule has 0 aliphatic rings. The minimum atomic E-state index is -0.0394. The molecule has 1 atom stereocenters. The van der Waals surface area contributed by atoms with Crippen LogP contribution in [0, 0.1) is 0 Å². The van der Waals surface area contributed by atoms with Crippen LogP contribution in [0.4, 0.5) is 0 Å². The summed E-state index contributed by atoms with van der Waals surface area (Å²) in [6.07, 6.45) is 8.56. The summed E-state index contributed by atoms with van der Waals surface area (Å²) < 4.78 is 6.24. The zero-order chi connectivity index (χ0) is 14.6. The second kappa shape index (κ2) is 10.9. The Morgan fingerprint density at radius 3 is 2.40 bits per heavy atom. The van der Waals surface area contributed by atoms with E-state index in [0.717, 1.165) is 12.8 Å². The van der Waals surface area contributed by atoms with Gasteiger partial charge in [-0.2, -0.15) is 0 Å². The third-order valence-corrected chi connectivity index (χ3v) is 5.94. The van der Waals surface area contributed by atoms with Gasteiger partial charge in [-0.25, -0.2) is 0 Å². The molecule has 0 amide bonds. The van der Waals surface area contributed by atoms with Gasteiger partial charge < -0.3 is 0 Å². The van der Waals surface area contributed by atoms with Crippen molar-refractivity contribution in [2.24, 2.45) is 0 Å². The number of benzene rings is 1. The number of esters is 1. The van der Waals surface area contributed by atoms with Crippen LogP contribution >= 0.6 is 0 Å². The summed E-state index contributed by atoms with van der Waals surface area (Å²) in [5.74, 6) is -0.0394. The Labute approximate surface area is 129 Å². The second-order valence-corrected chi connectivity index (χ2v) is 7.68. The average Bonchev–Trinajstić information content (AvgIpc) is 2.49. The zero-order valence-electron chi connectivity index (χ0n) is 12.6. The summed E-state index contributed by atoms with van der Waals surface area (Å²) in [7, 11) is 1.50. The molecule has 112 valence electrons. The maximum absolute atomic E-state index is 11.9. The summed E-state index contributed by atoms with van der Waals surface area (Å²) in [5, 5.41) is 0. The van der Waals surface area contributed by atoms with E-state index in [1.54, 1.807) is 0 Å². The Kier molecular flexibility index (Phi) is 9.44. The maximum atomic E-state index is 11.9. The SMILES string of the molecule is CCCCCCCCC([Se]c1ccccc1)C(=O)OC. The van der Waals surface area contributed by atoms with Crippen molar-refractivity contribution >= 4 is 25.4 Å². The number of hydrogen-bond acceptors (Lipinski definition) is 2. The molecule has 1 unspecified atom stereocenters. The van der Waals surface area contributed by atoms with E-state index in [1.807, 2.05) is 18.2 Å². The first-order valence-electron chi connectivity index (χ1n) is 7.57. The van der Waals surface area contributed by atoms with Crippen LogP contribution in [0.15, 0.2) is 30.3 Å². The van der Waals surface area contributed by atoms with Crippen LogP contribution in [0.1, 0.15) is 51.9 Å². The third-order valence-electron chi connectivity index (χ3n) is 3.31. The molecule has 0 fully saturated rings. The van der Waals surface area contributed by atoms with Crippen LogP contribution in [0.3, 0.4) is 0 Å². The molecule has 3 heteroatoms. The van der Waals surface area contributed by atoms with Crippen LogP contribution in [-0.4, -0.2) is 28.0 Å². The molecule has 1 aromatic rings. The van der Waals surface area contributed by atoms with Crippen molar-refractivity contribution in [3.63, 3.8) is 0 Å². The van der Waals surface area contributed by atoms with Crippen LogP contribution in [-0.2, 0) is 9.53 Å². The molecular formula is C17H26O2Se. The van der Waals surface area contributed by atoms with E-state index in [0.29, 0.717) is 0 Å². The number of hydrogen-bond donors (Lipinski definition) is 0. The fourth-order valence-electron chi connectivity index (χ4n) is 2.13. The van der Waals surface area contributed by atoms with Gasteiger partial charge in [-0.05, 0) is 0 Å². The number of methoxy groups -OCH3 is 1. The van der Waals surface area contributed by atoms with Gasteiger partial charge in [0.2, 0.25) is 0 Å². The molecule has 0 spiro atoms. The van der Waals surface area contributed by atoms with Crippen molar-refractivity contribution in [2.75, 3.05) is 7.11 Å². The normalized spacial score (nSPS) is 12.1. The first-order valence-corrected chi connectivity index (χ1v) is 9.42. The molecule has 0 heterocycles. The van der Waals surface area contributed by atoms with Gasteiger partial charge in [-0.3, -0.25) is 0 Å². The fourth-order valence-corrected chi connectivity index (χ4v) is 4.48. The molecule has 0 aliphatic heterocycles.